The van der Waals surface area contributed by atoms with E-state index in [1.165, 1.54) is 32.4 Å². The molecule has 0 bridgehead atoms. The number of nitrogens with one attached hydrogen (secondary N) is 2. The number of likely N-dealkylation sites (tertiary alicyclic amines) is 1. The molecular formula is C16H31N3O2. The summed E-state index contributed by atoms with van der Waals surface area (Å²) in [6.07, 6.45) is 4.01. The minimum atomic E-state index is -0.0351. The Kier molecular flexibility index (Phi) is 6.93. The van der Waals surface area contributed by atoms with Gasteiger partial charge in [0.05, 0.1) is 19.1 Å². The molecule has 3 unspecified atom stereocenters. The molecule has 2 heterocycles. The third-order valence-corrected chi connectivity index (χ3v) is 4.53. The molecule has 0 aromatic heterocycles. The molecule has 0 saturated carbocycles. The van der Waals surface area contributed by atoms with Crippen LogP contribution in [0.3, 0.4) is 0 Å². The van der Waals surface area contributed by atoms with E-state index in [1.54, 1.807) is 0 Å². The highest BCUT2D eigenvalue weighted by molar-refractivity contribution is 5.79. The minimum absolute atomic E-state index is 0.0351. The van der Waals surface area contributed by atoms with Crippen LogP contribution < -0.4 is 10.6 Å². The molecule has 0 aliphatic carbocycles. The lowest BCUT2D eigenvalue weighted by Gasteiger charge is -2.29. The number of ether oxygens (including phenoxy) is 1. The number of likely N-dealkylation sites (N-methyl/N-ethyl adjacent to an activating group) is 1. The fraction of sp³-hybridized carbons (Fsp3) is 0.938. The van der Waals surface area contributed by atoms with Crippen molar-refractivity contribution in [3.63, 3.8) is 0 Å². The highest BCUT2D eigenvalue weighted by Crippen LogP contribution is 2.14. The Hall–Kier alpha value is -0.650. The van der Waals surface area contributed by atoms with E-state index in [1.807, 2.05) is 0 Å². The molecule has 3 atom stereocenters. The predicted molar refractivity (Wildman–Crippen MR) is 84.2 cm³/mol. The molecule has 0 aromatic carbocycles. The Balaban J connectivity index is 1.67. The quantitative estimate of drug-likeness (QED) is 0.731. The van der Waals surface area contributed by atoms with Crippen LogP contribution in [0.4, 0.5) is 0 Å². The number of hydrogen-bond acceptors (Lipinski definition) is 4. The zero-order chi connectivity index (χ0) is 15.1. The Morgan fingerprint density at radius 3 is 2.76 bits per heavy atom. The molecular weight excluding hydrogens is 266 g/mol. The summed E-state index contributed by atoms with van der Waals surface area (Å²) in [6, 6.07) is 0.174. The van der Waals surface area contributed by atoms with Gasteiger partial charge in [0.15, 0.2) is 0 Å². The van der Waals surface area contributed by atoms with Crippen molar-refractivity contribution in [2.75, 3.05) is 45.9 Å². The number of hydrogen-bond donors (Lipinski definition) is 2. The van der Waals surface area contributed by atoms with Crippen molar-refractivity contribution >= 4 is 5.91 Å². The van der Waals surface area contributed by atoms with Crippen LogP contribution in [-0.2, 0) is 9.53 Å². The normalized spacial score (nSPS) is 28.5. The Labute approximate surface area is 128 Å². The van der Waals surface area contributed by atoms with E-state index >= 15 is 0 Å². The maximum absolute atomic E-state index is 12.3. The second kappa shape index (κ2) is 8.71. The van der Waals surface area contributed by atoms with Gasteiger partial charge in [0.1, 0.15) is 0 Å². The van der Waals surface area contributed by atoms with Gasteiger partial charge in [-0.1, -0.05) is 20.3 Å². The van der Waals surface area contributed by atoms with Crippen LogP contribution in [0.15, 0.2) is 0 Å². The summed E-state index contributed by atoms with van der Waals surface area (Å²) < 4.78 is 5.44. The highest BCUT2D eigenvalue weighted by atomic mass is 16.5. The monoisotopic (exact) mass is 297 g/mol. The van der Waals surface area contributed by atoms with E-state index in [-0.39, 0.29) is 17.9 Å². The Morgan fingerprint density at radius 2 is 2.05 bits per heavy atom. The first-order valence-electron chi connectivity index (χ1n) is 8.52. The van der Waals surface area contributed by atoms with E-state index in [4.69, 9.17) is 4.74 Å². The van der Waals surface area contributed by atoms with Gasteiger partial charge < -0.3 is 20.3 Å². The molecule has 2 fully saturated rings. The van der Waals surface area contributed by atoms with E-state index in [2.05, 4.69) is 29.4 Å². The average molecular weight is 297 g/mol. The van der Waals surface area contributed by atoms with Gasteiger partial charge in [0.2, 0.25) is 5.91 Å². The van der Waals surface area contributed by atoms with Crippen molar-refractivity contribution in [3.8, 4) is 0 Å². The zero-order valence-electron chi connectivity index (χ0n) is 13.6. The van der Waals surface area contributed by atoms with Gasteiger partial charge in [0.25, 0.3) is 0 Å². The molecule has 5 heteroatoms. The van der Waals surface area contributed by atoms with E-state index < -0.39 is 0 Å². The van der Waals surface area contributed by atoms with Crippen LogP contribution >= 0.6 is 0 Å². The van der Waals surface area contributed by atoms with Gasteiger partial charge >= 0.3 is 0 Å². The molecule has 0 spiro atoms. The third kappa shape index (κ3) is 5.24. The third-order valence-electron chi connectivity index (χ3n) is 4.53. The van der Waals surface area contributed by atoms with Crippen molar-refractivity contribution < 1.29 is 9.53 Å². The second-order valence-corrected chi connectivity index (χ2v) is 6.52. The maximum atomic E-state index is 12.3. The first-order chi connectivity index (χ1) is 10.2. The van der Waals surface area contributed by atoms with Crippen molar-refractivity contribution in [2.45, 2.75) is 39.2 Å². The molecule has 1 amide bonds. The smallest absolute Gasteiger partial charge is 0.227 e. The van der Waals surface area contributed by atoms with Gasteiger partial charge in [-0.3, -0.25) is 4.79 Å². The van der Waals surface area contributed by atoms with Crippen LogP contribution in [0, 0.1) is 11.8 Å². The number of amides is 1. The summed E-state index contributed by atoms with van der Waals surface area (Å²) in [5.41, 5.74) is 0. The molecule has 0 radical (unpaired) electrons. The summed E-state index contributed by atoms with van der Waals surface area (Å²) in [5, 5.41) is 6.45. The van der Waals surface area contributed by atoms with Gasteiger partial charge in [-0.2, -0.15) is 0 Å². The molecule has 2 aliphatic rings. The summed E-state index contributed by atoms with van der Waals surface area (Å²) >= 11 is 0. The minimum Gasteiger partial charge on any atom is -0.379 e. The largest absolute Gasteiger partial charge is 0.379 e. The van der Waals surface area contributed by atoms with Crippen molar-refractivity contribution in [1.82, 2.24) is 15.5 Å². The molecule has 2 rings (SSSR count). The summed E-state index contributed by atoms with van der Waals surface area (Å²) in [6.45, 7) is 10.7. The van der Waals surface area contributed by atoms with Crippen molar-refractivity contribution in [3.05, 3.63) is 0 Å². The van der Waals surface area contributed by atoms with Crippen LogP contribution in [0.1, 0.15) is 33.1 Å². The fourth-order valence-electron chi connectivity index (χ4n) is 3.33. The molecule has 2 saturated heterocycles. The van der Waals surface area contributed by atoms with Gasteiger partial charge in [0, 0.05) is 19.1 Å². The lowest BCUT2D eigenvalue weighted by atomic mass is 10.0. The van der Waals surface area contributed by atoms with E-state index in [9.17, 15) is 4.79 Å². The Bertz CT molecular complexity index is 319. The van der Waals surface area contributed by atoms with Crippen molar-refractivity contribution in [2.24, 2.45) is 11.8 Å². The topological polar surface area (TPSA) is 53.6 Å². The molecule has 5 nitrogen and oxygen atoms in total. The number of carbonyl (C=O) groups is 1. The number of carbonyl (C=O) groups excluding carboxylic acids is 1. The fourth-order valence-corrected chi connectivity index (χ4v) is 3.33. The SMILES string of the molecule is CCNC1COCC1C(=O)NCC(C)CN1CCCCC1. The van der Waals surface area contributed by atoms with Gasteiger partial charge in [-0.05, 0) is 38.4 Å². The van der Waals surface area contributed by atoms with Crippen LogP contribution in [0.25, 0.3) is 0 Å². The highest BCUT2D eigenvalue weighted by Gasteiger charge is 2.33. The lowest BCUT2D eigenvalue weighted by Crippen LogP contribution is -2.45. The molecule has 2 aliphatic heterocycles. The molecule has 21 heavy (non-hydrogen) atoms. The molecule has 0 aromatic rings. The second-order valence-electron chi connectivity index (χ2n) is 6.52. The zero-order valence-corrected chi connectivity index (χ0v) is 13.6. The standard InChI is InChI=1S/C16H31N3O2/c1-3-17-15-12-21-11-14(15)16(20)18-9-13(2)10-19-7-5-4-6-8-19/h13-15,17H,3-12H2,1-2H3,(H,18,20). The van der Waals surface area contributed by atoms with E-state index in [0.29, 0.717) is 19.1 Å². The number of rotatable bonds is 7. The van der Waals surface area contributed by atoms with Crippen LogP contribution in [0.2, 0.25) is 0 Å². The molecule has 122 valence electrons. The lowest BCUT2D eigenvalue weighted by molar-refractivity contribution is -0.125. The van der Waals surface area contributed by atoms with Gasteiger partial charge in [-0.15, -0.1) is 0 Å². The summed E-state index contributed by atoms with van der Waals surface area (Å²) in [7, 11) is 0. The number of nitrogens with zero attached hydrogens (tertiary/aromatic N) is 1. The predicted octanol–water partition coefficient (Wildman–Crippen LogP) is 0.849. The summed E-state index contributed by atoms with van der Waals surface area (Å²) in [4.78, 5) is 14.8. The maximum Gasteiger partial charge on any atom is 0.227 e. The van der Waals surface area contributed by atoms with Gasteiger partial charge in [-0.25, -0.2) is 0 Å². The van der Waals surface area contributed by atoms with Crippen molar-refractivity contribution in [1.29, 1.82) is 0 Å². The van der Waals surface area contributed by atoms with E-state index in [0.717, 1.165) is 19.6 Å². The first-order valence-corrected chi connectivity index (χ1v) is 8.52. The van der Waals surface area contributed by atoms with Crippen LogP contribution in [0.5, 0.6) is 0 Å². The number of piperidine rings is 1. The van der Waals surface area contributed by atoms with Crippen LogP contribution in [-0.4, -0.2) is 62.8 Å². The molecule has 2 N–H and O–H groups in total. The summed E-state index contributed by atoms with van der Waals surface area (Å²) in [5.74, 6) is 0.614. The first kappa shape index (κ1) is 16.7. The average Bonchev–Trinajstić information content (AvgIpc) is 2.95. The Morgan fingerprint density at radius 1 is 1.29 bits per heavy atom.